The second-order valence-corrected chi connectivity index (χ2v) is 5.43. The van der Waals surface area contributed by atoms with Gasteiger partial charge in [-0.2, -0.15) is 0 Å². The third-order valence-electron chi connectivity index (χ3n) is 1.14. The van der Waals surface area contributed by atoms with E-state index in [-0.39, 0.29) is 21.7 Å². The van der Waals surface area contributed by atoms with E-state index in [0.717, 1.165) is 0 Å². The maximum atomic E-state index is 10.9. The SMILES string of the molecule is CCP(=O)(O)CC(C)C.[Ti]. The molecule has 0 bridgehead atoms. The zero-order chi connectivity index (χ0) is 7.49. The Morgan fingerprint density at radius 3 is 2.00 bits per heavy atom. The molecule has 4 heteroatoms. The Hall–Kier alpha value is 0.904. The van der Waals surface area contributed by atoms with Crippen LogP contribution in [0.5, 0.6) is 0 Å². The molecule has 0 saturated heterocycles. The van der Waals surface area contributed by atoms with Crippen molar-refractivity contribution >= 4 is 7.37 Å². The van der Waals surface area contributed by atoms with Crippen LogP contribution in [0.3, 0.4) is 0 Å². The third-order valence-corrected chi connectivity index (χ3v) is 3.43. The van der Waals surface area contributed by atoms with Gasteiger partial charge in [0.1, 0.15) is 0 Å². The van der Waals surface area contributed by atoms with E-state index < -0.39 is 7.37 Å². The summed E-state index contributed by atoms with van der Waals surface area (Å²) in [6, 6.07) is 0. The van der Waals surface area contributed by atoms with Gasteiger partial charge in [-0.05, 0) is 5.92 Å². The molecule has 60 valence electrons. The molecule has 10 heavy (non-hydrogen) atoms. The van der Waals surface area contributed by atoms with Crippen LogP contribution in [-0.2, 0) is 26.3 Å². The molecule has 0 saturated carbocycles. The zero-order valence-corrected chi connectivity index (χ0v) is 9.25. The average Bonchev–Trinajstić information content (AvgIpc) is 1.63. The van der Waals surface area contributed by atoms with Crippen LogP contribution in [0, 0.1) is 5.92 Å². The minimum atomic E-state index is -2.73. The second kappa shape index (κ2) is 5.54. The Morgan fingerprint density at radius 2 is 1.90 bits per heavy atom. The average molecular weight is 198 g/mol. The summed E-state index contributed by atoms with van der Waals surface area (Å²) in [4.78, 5) is 9.05. The van der Waals surface area contributed by atoms with Crippen molar-refractivity contribution in [1.82, 2.24) is 0 Å². The quantitative estimate of drug-likeness (QED) is 0.555. The van der Waals surface area contributed by atoms with E-state index in [9.17, 15) is 4.57 Å². The Bertz CT molecular complexity index is 125. The standard InChI is InChI=1S/C6H15O2P.Ti/c1-4-9(7,8)5-6(2)3;/h6H,4-5H2,1-3H3,(H,7,8);. The molecule has 0 radical (unpaired) electrons. The molecule has 2 nitrogen and oxygen atoms in total. The topological polar surface area (TPSA) is 37.3 Å². The maximum absolute atomic E-state index is 10.9. The van der Waals surface area contributed by atoms with Crippen molar-refractivity contribution in [3.05, 3.63) is 0 Å². The Balaban J connectivity index is 0. The Morgan fingerprint density at radius 1 is 1.50 bits per heavy atom. The molecule has 0 rings (SSSR count). The molecule has 1 atom stereocenters. The minimum absolute atomic E-state index is 0. The summed E-state index contributed by atoms with van der Waals surface area (Å²) >= 11 is 0. The first-order valence-corrected chi connectivity index (χ1v) is 5.32. The van der Waals surface area contributed by atoms with Gasteiger partial charge in [0.25, 0.3) is 0 Å². The van der Waals surface area contributed by atoms with Crippen LogP contribution >= 0.6 is 7.37 Å². The molecule has 0 aromatic heterocycles. The predicted octanol–water partition coefficient (Wildman–Crippen LogP) is 1.93. The summed E-state index contributed by atoms with van der Waals surface area (Å²) in [7, 11) is -2.73. The first-order chi connectivity index (χ1) is 3.98. The van der Waals surface area contributed by atoms with Crippen LogP contribution in [0.4, 0.5) is 0 Å². The third kappa shape index (κ3) is 7.02. The molecule has 0 spiro atoms. The van der Waals surface area contributed by atoms with Crippen molar-refractivity contribution < 1.29 is 31.2 Å². The van der Waals surface area contributed by atoms with Crippen molar-refractivity contribution in [2.45, 2.75) is 20.8 Å². The summed E-state index contributed by atoms with van der Waals surface area (Å²) in [6.45, 7) is 5.67. The Labute approximate surface area is 77.7 Å². The molecule has 1 N–H and O–H groups in total. The molecular weight excluding hydrogens is 183 g/mol. The molecule has 0 amide bonds. The first-order valence-electron chi connectivity index (χ1n) is 3.29. The molecule has 0 aromatic rings. The predicted molar refractivity (Wildman–Crippen MR) is 40.1 cm³/mol. The number of rotatable bonds is 3. The van der Waals surface area contributed by atoms with Gasteiger partial charge in [0, 0.05) is 34.0 Å². The van der Waals surface area contributed by atoms with E-state index in [2.05, 4.69) is 0 Å². The second-order valence-electron chi connectivity index (χ2n) is 2.74. The smallest absolute Gasteiger partial charge is 0.200 e. The zero-order valence-electron chi connectivity index (χ0n) is 6.79. The van der Waals surface area contributed by atoms with Crippen LogP contribution in [0.25, 0.3) is 0 Å². The molecular formula is C6H15O2PTi. The van der Waals surface area contributed by atoms with Crippen molar-refractivity contribution in [2.75, 3.05) is 12.3 Å². The molecule has 0 aliphatic rings. The van der Waals surface area contributed by atoms with Gasteiger partial charge >= 0.3 is 0 Å². The largest absolute Gasteiger partial charge is 0.344 e. The molecule has 0 aromatic carbocycles. The number of hydrogen-bond donors (Lipinski definition) is 1. The van der Waals surface area contributed by atoms with Crippen LogP contribution in [0.2, 0.25) is 0 Å². The van der Waals surface area contributed by atoms with Gasteiger partial charge in [-0.15, -0.1) is 0 Å². The van der Waals surface area contributed by atoms with Crippen molar-refractivity contribution in [1.29, 1.82) is 0 Å². The van der Waals surface area contributed by atoms with Gasteiger partial charge in [0.2, 0.25) is 7.37 Å². The number of hydrogen-bond acceptors (Lipinski definition) is 1. The van der Waals surface area contributed by atoms with E-state index in [1.165, 1.54) is 0 Å². The van der Waals surface area contributed by atoms with E-state index >= 15 is 0 Å². The molecule has 1 unspecified atom stereocenters. The van der Waals surface area contributed by atoms with E-state index in [4.69, 9.17) is 4.89 Å². The van der Waals surface area contributed by atoms with Crippen molar-refractivity contribution in [3.63, 3.8) is 0 Å². The maximum Gasteiger partial charge on any atom is 0.200 e. The molecule has 0 aliphatic carbocycles. The summed E-state index contributed by atoms with van der Waals surface area (Å²) in [5.41, 5.74) is 0. The fraction of sp³-hybridized carbons (Fsp3) is 1.00. The van der Waals surface area contributed by atoms with Gasteiger partial charge in [0.15, 0.2) is 0 Å². The van der Waals surface area contributed by atoms with Crippen LogP contribution in [0.15, 0.2) is 0 Å². The monoisotopic (exact) mass is 198 g/mol. The van der Waals surface area contributed by atoms with Crippen LogP contribution < -0.4 is 0 Å². The van der Waals surface area contributed by atoms with Crippen LogP contribution in [-0.4, -0.2) is 17.2 Å². The minimum Gasteiger partial charge on any atom is -0.344 e. The van der Waals surface area contributed by atoms with Crippen LogP contribution in [0.1, 0.15) is 20.8 Å². The Kier molecular flexibility index (Phi) is 7.48. The van der Waals surface area contributed by atoms with Gasteiger partial charge in [-0.25, -0.2) is 0 Å². The summed E-state index contributed by atoms with van der Waals surface area (Å²) in [6.07, 6.45) is 0.870. The van der Waals surface area contributed by atoms with Crippen molar-refractivity contribution in [3.8, 4) is 0 Å². The normalized spacial score (nSPS) is 16.1. The fourth-order valence-corrected chi connectivity index (χ4v) is 2.10. The molecule has 0 fully saturated rings. The van der Waals surface area contributed by atoms with E-state index in [1.807, 2.05) is 13.8 Å². The van der Waals surface area contributed by atoms with Gasteiger partial charge in [-0.1, -0.05) is 20.8 Å². The van der Waals surface area contributed by atoms with Crippen molar-refractivity contribution in [2.24, 2.45) is 5.92 Å². The summed E-state index contributed by atoms with van der Waals surface area (Å²) in [5, 5.41) is 0. The van der Waals surface area contributed by atoms with E-state index in [1.54, 1.807) is 6.92 Å². The van der Waals surface area contributed by atoms with Gasteiger partial charge < -0.3 is 4.89 Å². The first kappa shape index (κ1) is 13.5. The molecule has 0 heterocycles. The van der Waals surface area contributed by atoms with E-state index in [0.29, 0.717) is 18.2 Å². The van der Waals surface area contributed by atoms with Gasteiger partial charge in [0.05, 0.1) is 0 Å². The summed E-state index contributed by atoms with van der Waals surface area (Å²) < 4.78 is 10.9. The van der Waals surface area contributed by atoms with Gasteiger partial charge in [-0.3, -0.25) is 4.57 Å². The fourth-order valence-electron chi connectivity index (χ4n) is 0.700. The molecule has 0 aliphatic heterocycles. The summed E-state index contributed by atoms with van der Waals surface area (Å²) in [5.74, 6) is 0.334.